The lowest BCUT2D eigenvalue weighted by Gasteiger charge is -2.14. The first kappa shape index (κ1) is 16.3. The van der Waals surface area contributed by atoms with Crippen molar-refractivity contribution in [1.82, 2.24) is 5.32 Å². The minimum absolute atomic E-state index is 0.0278. The molecule has 1 aliphatic rings. The monoisotopic (exact) mass is 327 g/mol. The van der Waals surface area contributed by atoms with E-state index in [1.54, 1.807) is 6.92 Å². The number of rotatable bonds is 5. The molecule has 1 aliphatic carbocycles. The fraction of sp³-hybridized carbons (Fsp3) is 0.368. The number of ether oxygens (including phenoxy) is 1. The van der Waals surface area contributed by atoms with Crippen LogP contribution in [0.15, 0.2) is 45.6 Å². The van der Waals surface area contributed by atoms with Crippen molar-refractivity contribution in [2.75, 3.05) is 0 Å². The van der Waals surface area contributed by atoms with Crippen molar-refractivity contribution in [3.8, 4) is 5.75 Å². The number of carbonyl (C=O) groups excluding carboxylic acids is 1. The van der Waals surface area contributed by atoms with Gasteiger partial charge in [-0.15, -0.1) is 0 Å². The molecule has 24 heavy (non-hydrogen) atoms. The maximum atomic E-state index is 12.5. The third-order valence-electron chi connectivity index (χ3n) is 4.15. The van der Waals surface area contributed by atoms with Crippen LogP contribution in [0.3, 0.4) is 0 Å². The Morgan fingerprint density at radius 2 is 1.96 bits per heavy atom. The van der Waals surface area contributed by atoms with E-state index in [-0.39, 0.29) is 35.5 Å². The van der Waals surface area contributed by atoms with Gasteiger partial charge in [0, 0.05) is 12.1 Å². The maximum Gasteiger partial charge on any atom is 0.291 e. The second-order valence-electron chi connectivity index (χ2n) is 6.11. The number of hydrogen-bond donors (Lipinski definition) is 1. The molecular formula is C19H21NO4. The minimum Gasteiger partial charge on any atom is -0.481 e. The molecule has 0 aliphatic heterocycles. The molecule has 0 unspecified atom stereocenters. The summed E-state index contributed by atoms with van der Waals surface area (Å²) in [5.74, 6) is -0.0582. The number of aryl methyl sites for hydroxylation is 1. The highest BCUT2D eigenvalue weighted by Crippen LogP contribution is 2.21. The molecule has 1 aromatic carbocycles. The molecule has 0 atom stereocenters. The van der Waals surface area contributed by atoms with Gasteiger partial charge in [0.15, 0.2) is 0 Å². The van der Waals surface area contributed by atoms with Gasteiger partial charge in [-0.1, -0.05) is 43.2 Å². The zero-order valence-corrected chi connectivity index (χ0v) is 13.7. The molecule has 1 fully saturated rings. The van der Waals surface area contributed by atoms with Crippen LogP contribution >= 0.6 is 0 Å². The summed E-state index contributed by atoms with van der Waals surface area (Å²) in [5, 5.41) is 2.94. The number of benzene rings is 1. The van der Waals surface area contributed by atoms with Crippen molar-refractivity contribution in [2.45, 2.75) is 45.3 Å². The number of nitrogens with one attached hydrogen (secondary N) is 1. The standard InChI is InChI=1S/C19H21NO4/c1-13-11-16(21)17(23-12-14-7-3-2-4-8-14)18(24-13)19(22)20-15-9-5-6-10-15/h2-4,7-8,11,15H,5-6,9-10,12H2,1H3,(H,20,22). The zero-order chi connectivity index (χ0) is 16.9. The molecule has 1 amide bonds. The molecule has 126 valence electrons. The summed E-state index contributed by atoms with van der Waals surface area (Å²) in [6, 6.07) is 11.0. The van der Waals surface area contributed by atoms with E-state index >= 15 is 0 Å². The Balaban J connectivity index is 1.81. The third kappa shape index (κ3) is 3.85. The van der Waals surface area contributed by atoms with Gasteiger partial charge >= 0.3 is 0 Å². The topological polar surface area (TPSA) is 68.5 Å². The molecule has 3 rings (SSSR count). The number of amides is 1. The molecule has 1 saturated carbocycles. The minimum atomic E-state index is -0.384. The van der Waals surface area contributed by atoms with Crippen LogP contribution in [0.25, 0.3) is 0 Å². The fourth-order valence-electron chi connectivity index (χ4n) is 2.94. The van der Waals surface area contributed by atoms with E-state index in [1.165, 1.54) is 6.07 Å². The van der Waals surface area contributed by atoms with Crippen LogP contribution in [0.1, 0.15) is 47.6 Å². The van der Waals surface area contributed by atoms with E-state index in [1.807, 2.05) is 30.3 Å². The summed E-state index contributed by atoms with van der Waals surface area (Å²) < 4.78 is 11.1. The summed E-state index contributed by atoms with van der Waals surface area (Å²) in [6.45, 7) is 1.85. The molecule has 0 radical (unpaired) electrons. The van der Waals surface area contributed by atoms with Gasteiger partial charge in [-0.3, -0.25) is 9.59 Å². The highest BCUT2D eigenvalue weighted by molar-refractivity contribution is 5.94. The summed E-state index contributed by atoms with van der Waals surface area (Å²) in [4.78, 5) is 24.8. The van der Waals surface area contributed by atoms with Crippen molar-refractivity contribution in [3.63, 3.8) is 0 Å². The molecule has 0 bridgehead atoms. The highest BCUT2D eigenvalue weighted by Gasteiger charge is 2.24. The van der Waals surface area contributed by atoms with E-state index in [4.69, 9.17) is 9.15 Å². The molecule has 5 nitrogen and oxygen atoms in total. The van der Waals surface area contributed by atoms with Crippen molar-refractivity contribution in [1.29, 1.82) is 0 Å². The lowest BCUT2D eigenvalue weighted by molar-refractivity contribution is 0.0897. The normalized spacial score (nSPS) is 14.5. The Labute approximate surface area is 140 Å². The Hall–Kier alpha value is -2.56. The average molecular weight is 327 g/mol. The van der Waals surface area contributed by atoms with Gasteiger partial charge in [-0.05, 0) is 25.3 Å². The first-order chi connectivity index (χ1) is 11.6. The summed E-state index contributed by atoms with van der Waals surface area (Å²) in [7, 11) is 0. The Kier molecular flexibility index (Phi) is 4.99. The predicted octanol–water partition coefficient (Wildman–Crippen LogP) is 3.20. The first-order valence-electron chi connectivity index (χ1n) is 8.26. The molecular weight excluding hydrogens is 306 g/mol. The van der Waals surface area contributed by atoms with Gasteiger partial charge < -0.3 is 14.5 Å². The van der Waals surface area contributed by atoms with E-state index in [0.717, 1.165) is 31.2 Å². The Morgan fingerprint density at radius 1 is 1.25 bits per heavy atom. The Bertz CT molecular complexity index is 761. The van der Waals surface area contributed by atoms with Crippen molar-refractivity contribution < 1.29 is 13.9 Å². The van der Waals surface area contributed by atoms with Crippen molar-refractivity contribution in [2.24, 2.45) is 0 Å². The van der Waals surface area contributed by atoms with Gasteiger partial charge in [-0.25, -0.2) is 0 Å². The molecule has 2 aromatic rings. The van der Waals surface area contributed by atoms with Gasteiger partial charge in [0.05, 0.1) is 0 Å². The van der Waals surface area contributed by atoms with Crippen LogP contribution in [0, 0.1) is 6.92 Å². The highest BCUT2D eigenvalue weighted by atomic mass is 16.5. The van der Waals surface area contributed by atoms with Crippen LogP contribution in [0.4, 0.5) is 0 Å². The molecule has 0 spiro atoms. The predicted molar refractivity (Wildman–Crippen MR) is 90.2 cm³/mol. The molecule has 1 N–H and O–H groups in total. The van der Waals surface area contributed by atoms with Crippen molar-refractivity contribution >= 4 is 5.91 Å². The maximum absolute atomic E-state index is 12.5. The second-order valence-corrected chi connectivity index (χ2v) is 6.11. The van der Waals surface area contributed by atoms with E-state index < -0.39 is 0 Å². The van der Waals surface area contributed by atoms with Gasteiger partial charge in [0.1, 0.15) is 12.4 Å². The molecule has 1 heterocycles. The Morgan fingerprint density at radius 3 is 2.67 bits per heavy atom. The lowest BCUT2D eigenvalue weighted by Crippen LogP contribution is -2.33. The lowest BCUT2D eigenvalue weighted by atomic mass is 10.2. The smallest absolute Gasteiger partial charge is 0.291 e. The SMILES string of the molecule is Cc1cc(=O)c(OCc2ccccc2)c(C(=O)NC2CCCC2)o1. The van der Waals surface area contributed by atoms with E-state index in [2.05, 4.69) is 5.32 Å². The molecule has 1 aromatic heterocycles. The molecule has 0 saturated heterocycles. The number of carbonyl (C=O) groups is 1. The van der Waals surface area contributed by atoms with Gasteiger partial charge in [0.25, 0.3) is 5.91 Å². The van der Waals surface area contributed by atoms with Crippen LogP contribution in [0.2, 0.25) is 0 Å². The van der Waals surface area contributed by atoms with Crippen LogP contribution in [-0.2, 0) is 6.61 Å². The van der Waals surface area contributed by atoms with Gasteiger partial charge in [0.2, 0.25) is 16.9 Å². The fourth-order valence-corrected chi connectivity index (χ4v) is 2.94. The summed E-state index contributed by atoms with van der Waals surface area (Å²) in [5.41, 5.74) is 0.575. The van der Waals surface area contributed by atoms with Gasteiger partial charge in [-0.2, -0.15) is 0 Å². The first-order valence-corrected chi connectivity index (χ1v) is 8.26. The average Bonchev–Trinajstić information content (AvgIpc) is 3.07. The zero-order valence-electron chi connectivity index (χ0n) is 13.7. The largest absolute Gasteiger partial charge is 0.481 e. The van der Waals surface area contributed by atoms with E-state index in [0.29, 0.717) is 5.76 Å². The quantitative estimate of drug-likeness (QED) is 0.915. The second kappa shape index (κ2) is 7.34. The third-order valence-corrected chi connectivity index (χ3v) is 4.15. The van der Waals surface area contributed by atoms with Crippen LogP contribution in [0.5, 0.6) is 5.75 Å². The summed E-state index contributed by atoms with van der Waals surface area (Å²) >= 11 is 0. The van der Waals surface area contributed by atoms with Crippen LogP contribution < -0.4 is 15.5 Å². The summed E-state index contributed by atoms with van der Waals surface area (Å²) in [6.07, 6.45) is 4.14. The van der Waals surface area contributed by atoms with E-state index in [9.17, 15) is 9.59 Å². The van der Waals surface area contributed by atoms with Crippen molar-refractivity contribution in [3.05, 3.63) is 63.7 Å². The number of hydrogen-bond acceptors (Lipinski definition) is 4. The molecule has 5 heteroatoms. The van der Waals surface area contributed by atoms with Crippen LogP contribution in [-0.4, -0.2) is 11.9 Å².